The van der Waals surface area contributed by atoms with Gasteiger partial charge in [0.25, 0.3) is 0 Å². The van der Waals surface area contributed by atoms with E-state index in [2.05, 4.69) is 4.90 Å². The number of anilines is 1. The summed E-state index contributed by atoms with van der Waals surface area (Å²) in [5.74, 6) is 0.348. The molecule has 74 valence electrons. The molecule has 1 fully saturated rings. The molecule has 1 aliphatic rings. The van der Waals surface area contributed by atoms with E-state index in [1.54, 1.807) is 0 Å². The molecule has 1 saturated heterocycles. The Kier molecular flexibility index (Phi) is 2.50. The topological polar surface area (TPSA) is 46.3 Å². The average Bonchev–Trinajstić information content (AvgIpc) is 2.56. The monoisotopic (exact) mass is 190 g/mol. The molecule has 2 rings (SSSR count). The highest BCUT2D eigenvalue weighted by molar-refractivity contribution is 5.82. The number of hydrogen-bond acceptors (Lipinski definition) is 3. The molecule has 3 heteroatoms. The molecule has 0 aromatic heterocycles. The Morgan fingerprint density at radius 2 is 2.00 bits per heavy atom. The van der Waals surface area contributed by atoms with Crippen molar-refractivity contribution < 1.29 is 4.79 Å². The normalized spacial score (nSPS) is 17.6. The van der Waals surface area contributed by atoms with E-state index >= 15 is 0 Å². The summed E-state index contributed by atoms with van der Waals surface area (Å²) in [5, 5.41) is 0. The largest absolute Gasteiger partial charge is 0.399 e. The molecule has 2 N–H and O–H groups in total. The van der Waals surface area contributed by atoms with E-state index in [1.165, 1.54) is 5.56 Å². The van der Waals surface area contributed by atoms with Crippen molar-refractivity contribution in [3.63, 3.8) is 0 Å². The highest BCUT2D eigenvalue weighted by Gasteiger charge is 2.18. The van der Waals surface area contributed by atoms with Crippen molar-refractivity contribution in [3.05, 3.63) is 29.8 Å². The molecule has 0 atom stereocenters. The second-order valence-electron chi connectivity index (χ2n) is 3.74. The van der Waals surface area contributed by atoms with E-state index < -0.39 is 0 Å². The van der Waals surface area contributed by atoms with Gasteiger partial charge in [-0.2, -0.15) is 0 Å². The average molecular weight is 190 g/mol. The predicted octanol–water partition coefficient (Wildman–Crippen LogP) is 1.04. The van der Waals surface area contributed by atoms with Crippen molar-refractivity contribution in [2.75, 3.05) is 18.8 Å². The van der Waals surface area contributed by atoms with Crippen LogP contribution in [0.4, 0.5) is 5.69 Å². The van der Waals surface area contributed by atoms with Gasteiger partial charge in [-0.3, -0.25) is 9.69 Å². The third kappa shape index (κ3) is 2.12. The van der Waals surface area contributed by atoms with E-state index in [0.29, 0.717) is 18.7 Å². The Labute approximate surface area is 83.5 Å². The zero-order chi connectivity index (χ0) is 9.97. The van der Waals surface area contributed by atoms with Gasteiger partial charge < -0.3 is 5.73 Å². The Balaban J connectivity index is 1.97. The highest BCUT2D eigenvalue weighted by Crippen LogP contribution is 2.12. The number of rotatable bonds is 2. The summed E-state index contributed by atoms with van der Waals surface area (Å²) < 4.78 is 0. The molecule has 1 aliphatic heterocycles. The van der Waals surface area contributed by atoms with E-state index in [0.717, 1.165) is 18.8 Å². The first-order chi connectivity index (χ1) is 6.74. The number of hydrogen-bond donors (Lipinski definition) is 1. The van der Waals surface area contributed by atoms with Crippen LogP contribution in [0.25, 0.3) is 0 Å². The van der Waals surface area contributed by atoms with Gasteiger partial charge in [0, 0.05) is 25.2 Å². The van der Waals surface area contributed by atoms with Crippen molar-refractivity contribution in [1.29, 1.82) is 0 Å². The maximum Gasteiger partial charge on any atom is 0.148 e. The van der Waals surface area contributed by atoms with Gasteiger partial charge in [0.05, 0.1) is 6.54 Å². The van der Waals surface area contributed by atoms with E-state index in [-0.39, 0.29) is 0 Å². The second kappa shape index (κ2) is 3.80. The lowest BCUT2D eigenvalue weighted by molar-refractivity contribution is -0.116. The molecule has 0 saturated carbocycles. The molecule has 0 aliphatic carbocycles. The molecule has 0 unspecified atom stereocenters. The molecular formula is C11H14N2O. The molecule has 3 nitrogen and oxygen atoms in total. The van der Waals surface area contributed by atoms with Crippen LogP contribution in [-0.4, -0.2) is 23.8 Å². The smallest absolute Gasteiger partial charge is 0.148 e. The summed E-state index contributed by atoms with van der Waals surface area (Å²) in [4.78, 5) is 13.2. The van der Waals surface area contributed by atoms with Gasteiger partial charge in [-0.05, 0) is 17.7 Å². The maximum absolute atomic E-state index is 11.0. The number of nitrogen functional groups attached to an aromatic ring is 1. The van der Waals surface area contributed by atoms with Crippen LogP contribution in [0.3, 0.4) is 0 Å². The number of benzene rings is 1. The van der Waals surface area contributed by atoms with Crippen molar-refractivity contribution in [2.24, 2.45) is 0 Å². The zero-order valence-corrected chi connectivity index (χ0v) is 8.07. The van der Waals surface area contributed by atoms with Crippen LogP contribution in [0, 0.1) is 0 Å². The second-order valence-corrected chi connectivity index (χ2v) is 3.74. The molecule has 0 bridgehead atoms. The van der Waals surface area contributed by atoms with Gasteiger partial charge in [-0.25, -0.2) is 0 Å². The van der Waals surface area contributed by atoms with Gasteiger partial charge in [0.15, 0.2) is 0 Å². The summed E-state index contributed by atoms with van der Waals surface area (Å²) >= 11 is 0. The van der Waals surface area contributed by atoms with Crippen molar-refractivity contribution in [3.8, 4) is 0 Å². The quantitative estimate of drug-likeness (QED) is 0.709. The van der Waals surface area contributed by atoms with Gasteiger partial charge in [0.2, 0.25) is 0 Å². The molecule has 0 spiro atoms. The minimum atomic E-state index is 0.348. The molecule has 1 aromatic rings. The summed E-state index contributed by atoms with van der Waals surface area (Å²) in [5.41, 5.74) is 7.59. The summed E-state index contributed by atoms with van der Waals surface area (Å²) in [6.45, 7) is 2.35. The maximum atomic E-state index is 11.0. The minimum Gasteiger partial charge on any atom is -0.399 e. The number of carbonyl (C=O) groups is 1. The highest BCUT2D eigenvalue weighted by atomic mass is 16.1. The SMILES string of the molecule is Nc1ccc(CN2CCC(=O)C2)cc1. The van der Waals surface area contributed by atoms with Crippen LogP contribution >= 0.6 is 0 Å². The van der Waals surface area contributed by atoms with Crippen LogP contribution in [-0.2, 0) is 11.3 Å². The number of likely N-dealkylation sites (tertiary alicyclic amines) is 1. The fourth-order valence-electron chi connectivity index (χ4n) is 1.71. The van der Waals surface area contributed by atoms with Gasteiger partial charge in [-0.1, -0.05) is 12.1 Å². The number of ketones is 1. The first kappa shape index (κ1) is 9.21. The molecule has 0 amide bonds. The molecule has 1 aromatic carbocycles. The standard InChI is InChI=1S/C11H14N2O/c12-10-3-1-9(2-4-10)7-13-6-5-11(14)8-13/h1-4H,5-8,12H2. The molecule has 1 heterocycles. The number of nitrogens with zero attached hydrogens (tertiary/aromatic N) is 1. The Hall–Kier alpha value is -1.35. The van der Waals surface area contributed by atoms with Crippen LogP contribution in [0.5, 0.6) is 0 Å². The Morgan fingerprint density at radius 1 is 1.29 bits per heavy atom. The van der Waals surface area contributed by atoms with Gasteiger partial charge in [-0.15, -0.1) is 0 Å². The number of Topliss-reactive ketones (excluding diaryl/α,β-unsaturated/α-hetero) is 1. The van der Waals surface area contributed by atoms with E-state index in [4.69, 9.17) is 5.73 Å². The molecule has 14 heavy (non-hydrogen) atoms. The summed E-state index contributed by atoms with van der Waals surface area (Å²) in [7, 11) is 0. The van der Waals surface area contributed by atoms with Crippen LogP contribution in [0.1, 0.15) is 12.0 Å². The fraction of sp³-hybridized carbons (Fsp3) is 0.364. The Bertz CT molecular complexity index is 332. The lowest BCUT2D eigenvalue weighted by Gasteiger charge is -2.13. The summed E-state index contributed by atoms with van der Waals surface area (Å²) in [6, 6.07) is 7.82. The van der Waals surface area contributed by atoms with Crippen molar-refractivity contribution in [1.82, 2.24) is 4.90 Å². The third-order valence-electron chi connectivity index (χ3n) is 2.49. The third-order valence-corrected chi connectivity index (χ3v) is 2.49. The van der Waals surface area contributed by atoms with Crippen LogP contribution in [0.15, 0.2) is 24.3 Å². The molecular weight excluding hydrogens is 176 g/mol. The van der Waals surface area contributed by atoms with E-state index in [1.807, 2.05) is 24.3 Å². The minimum absolute atomic E-state index is 0.348. The number of carbonyl (C=O) groups excluding carboxylic acids is 1. The first-order valence-electron chi connectivity index (χ1n) is 4.82. The van der Waals surface area contributed by atoms with Crippen LogP contribution in [0.2, 0.25) is 0 Å². The predicted molar refractivity (Wildman–Crippen MR) is 55.8 cm³/mol. The molecule has 0 radical (unpaired) electrons. The first-order valence-corrected chi connectivity index (χ1v) is 4.82. The van der Waals surface area contributed by atoms with Gasteiger partial charge in [0.1, 0.15) is 5.78 Å². The lowest BCUT2D eigenvalue weighted by atomic mass is 10.2. The van der Waals surface area contributed by atoms with Crippen molar-refractivity contribution >= 4 is 11.5 Å². The Morgan fingerprint density at radius 3 is 2.57 bits per heavy atom. The lowest BCUT2D eigenvalue weighted by Crippen LogP contribution is -2.19. The van der Waals surface area contributed by atoms with Crippen LogP contribution < -0.4 is 5.73 Å². The zero-order valence-electron chi connectivity index (χ0n) is 8.07. The summed E-state index contributed by atoms with van der Waals surface area (Å²) in [6.07, 6.45) is 0.703. The van der Waals surface area contributed by atoms with Crippen molar-refractivity contribution in [2.45, 2.75) is 13.0 Å². The van der Waals surface area contributed by atoms with E-state index in [9.17, 15) is 4.79 Å². The van der Waals surface area contributed by atoms with Gasteiger partial charge >= 0.3 is 0 Å². The number of nitrogens with two attached hydrogens (primary N) is 1. The fourth-order valence-corrected chi connectivity index (χ4v) is 1.71.